The molecular formula is C49H25N5O4. The van der Waals surface area contributed by atoms with Crippen molar-refractivity contribution in [1.29, 1.82) is 0 Å². The Hall–Kier alpha value is -8.17. The molecule has 12 aromatic rings. The fourth-order valence-electron chi connectivity index (χ4n) is 8.80. The normalized spacial score (nSPS) is 12.1. The summed E-state index contributed by atoms with van der Waals surface area (Å²) in [6, 6.07) is 46.1. The molecule has 0 spiro atoms. The van der Waals surface area contributed by atoms with Crippen LogP contribution in [-0.4, -0.2) is 23.8 Å². The predicted molar refractivity (Wildman–Crippen MR) is 231 cm³/mol. The van der Waals surface area contributed by atoms with Crippen LogP contribution in [0, 0.1) is 0 Å². The van der Waals surface area contributed by atoms with Gasteiger partial charge in [0, 0.05) is 59.8 Å². The summed E-state index contributed by atoms with van der Waals surface area (Å²) in [6.07, 6.45) is 0. The molecule has 0 atom stereocenters. The lowest BCUT2D eigenvalue weighted by atomic mass is 10.0. The molecule has 0 fully saturated rings. The molecule has 0 amide bonds. The molecule has 58 heavy (non-hydrogen) atoms. The van der Waals surface area contributed by atoms with Crippen molar-refractivity contribution < 1.29 is 0 Å². The van der Waals surface area contributed by atoms with E-state index in [1.54, 1.807) is 48.5 Å². The number of aromatic nitrogens is 5. The van der Waals surface area contributed by atoms with Crippen molar-refractivity contribution in [3.05, 3.63) is 193 Å². The summed E-state index contributed by atoms with van der Waals surface area (Å²) >= 11 is 0. The predicted octanol–water partition coefficient (Wildman–Crippen LogP) is 8.61. The molecule has 9 heteroatoms. The molecule has 12 rings (SSSR count). The van der Waals surface area contributed by atoms with Gasteiger partial charge in [-0.1, -0.05) is 66.7 Å². The monoisotopic (exact) mass is 747 g/mol. The van der Waals surface area contributed by atoms with Crippen LogP contribution in [0.15, 0.2) is 171 Å². The molecular weight excluding hydrogens is 723 g/mol. The van der Waals surface area contributed by atoms with Crippen LogP contribution in [0.5, 0.6) is 0 Å². The molecule has 0 saturated heterocycles. The van der Waals surface area contributed by atoms with Crippen molar-refractivity contribution in [1.82, 2.24) is 23.8 Å². The topological polar surface area (TPSA) is 116 Å². The number of nitrogens with zero attached hydrogens (tertiary/aromatic N) is 5. The minimum atomic E-state index is -0.202. The lowest BCUT2D eigenvalue weighted by Gasteiger charge is -2.15. The summed E-state index contributed by atoms with van der Waals surface area (Å²) in [5.41, 5.74) is 5.24. The Bertz CT molecular complexity index is 3770. The first-order chi connectivity index (χ1) is 28.4. The molecule has 0 bridgehead atoms. The van der Waals surface area contributed by atoms with Crippen molar-refractivity contribution in [2.45, 2.75) is 0 Å². The zero-order chi connectivity index (χ0) is 38.8. The Morgan fingerprint density at radius 3 is 1.09 bits per heavy atom. The van der Waals surface area contributed by atoms with Crippen molar-refractivity contribution >= 4 is 76.2 Å². The SMILES string of the molecule is O=c1c2ccccc2n2c3ccc(-c4nc(-c5ccccc5)nc(-c5ccc6c(c5)c(=O)c5cccc7c(=O)c8ccccc8n6c75)n4)cc3c(=O)c3cccc1c32. The van der Waals surface area contributed by atoms with Gasteiger partial charge in [-0.2, -0.15) is 0 Å². The maximum Gasteiger partial charge on any atom is 0.197 e. The molecule has 9 nitrogen and oxygen atoms in total. The third-order valence-corrected chi connectivity index (χ3v) is 11.4. The van der Waals surface area contributed by atoms with Crippen molar-refractivity contribution in [3.8, 4) is 34.2 Å². The Morgan fingerprint density at radius 1 is 0.293 bits per heavy atom. The molecule has 0 saturated carbocycles. The van der Waals surface area contributed by atoms with E-state index < -0.39 is 0 Å². The highest BCUT2D eigenvalue weighted by Gasteiger charge is 2.21. The van der Waals surface area contributed by atoms with E-state index in [1.807, 2.05) is 112 Å². The molecule has 0 aliphatic carbocycles. The summed E-state index contributed by atoms with van der Waals surface area (Å²) in [7, 11) is 0. The molecule has 0 unspecified atom stereocenters. The molecule has 7 aromatic carbocycles. The second-order valence-electron chi connectivity index (χ2n) is 14.6. The molecule has 5 heterocycles. The fraction of sp³-hybridized carbons (Fsp3) is 0. The third-order valence-electron chi connectivity index (χ3n) is 11.4. The van der Waals surface area contributed by atoms with Gasteiger partial charge in [0.2, 0.25) is 0 Å². The van der Waals surface area contributed by atoms with Gasteiger partial charge in [-0.05, 0) is 84.9 Å². The lowest BCUT2D eigenvalue weighted by Crippen LogP contribution is -2.14. The molecule has 270 valence electrons. The fourth-order valence-corrected chi connectivity index (χ4v) is 8.80. The Balaban J connectivity index is 1.12. The van der Waals surface area contributed by atoms with E-state index in [0.717, 1.165) is 5.56 Å². The van der Waals surface area contributed by atoms with Gasteiger partial charge in [-0.15, -0.1) is 0 Å². The Labute approximate surface area is 325 Å². The average molecular weight is 748 g/mol. The Morgan fingerprint density at radius 2 is 0.638 bits per heavy atom. The van der Waals surface area contributed by atoms with Crippen molar-refractivity contribution in [3.63, 3.8) is 0 Å². The van der Waals surface area contributed by atoms with E-state index in [-0.39, 0.29) is 21.7 Å². The summed E-state index contributed by atoms with van der Waals surface area (Å²) in [5, 5.41) is 3.89. The van der Waals surface area contributed by atoms with E-state index in [2.05, 4.69) is 0 Å². The number of hydrogen-bond acceptors (Lipinski definition) is 7. The van der Waals surface area contributed by atoms with Gasteiger partial charge in [0.05, 0.1) is 33.1 Å². The van der Waals surface area contributed by atoms with Crippen LogP contribution < -0.4 is 21.7 Å². The van der Waals surface area contributed by atoms with Crippen LogP contribution in [0.1, 0.15) is 0 Å². The second kappa shape index (κ2) is 11.7. The van der Waals surface area contributed by atoms with Gasteiger partial charge < -0.3 is 8.80 Å². The number of rotatable bonds is 3. The number of benzene rings is 7. The van der Waals surface area contributed by atoms with Crippen molar-refractivity contribution in [2.24, 2.45) is 0 Å². The smallest absolute Gasteiger partial charge is 0.197 e. The zero-order valence-electron chi connectivity index (χ0n) is 30.3. The lowest BCUT2D eigenvalue weighted by molar-refractivity contribution is 1.07. The molecule has 0 aliphatic rings. The van der Waals surface area contributed by atoms with Crippen LogP contribution in [0.25, 0.3) is 110 Å². The molecule has 5 aromatic heterocycles. The van der Waals surface area contributed by atoms with Gasteiger partial charge in [-0.3, -0.25) is 19.2 Å². The number of para-hydroxylation sites is 4. The van der Waals surface area contributed by atoms with E-state index in [9.17, 15) is 19.2 Å². The maximum atomic E-state index is 14.3. The number of pyridine rings is 4. The van der Waals surface area contributed by atoms with Gasteiger partial charge in [-0.25, -0.2) is 15.0 Å². The van der Waals surface area contributed by atoms with Gasteiger partial charge in [0.1, 0.15) is 0 Å². The first-order valence-corrected chi connectivity index (χ1v) is 18.8. The first kappa shape index (κ1) is 32.1. The highest BCUT2D eigenvalue weighted by Crippen LogP contribution is 2.32. The number of fused-ring (bicyclic) bond motifs is 8. The van der Waals surface area contributed by atoms with Gasteiger partial charge in [0.25, 0.3) is 0 Å². The average Bonchev–Trinajstić information content (AvgIpc) is 3.28. The second-order valence-corrected chi connectivity index (χ2v) is 14.6. The minimum absolute atomic E-state index is 0.114. The van der Waals surface area contributed by atoms with Crippen LogP contribution in [0.4, 0.5) is 0 Å². The summed E-state index contributed by atoms with van der Waals surface area (Å²) in [6.45, 7) is 0. The van der Waals surface area contributed by atoms with Crippen LogP contribution in [0.3, 0.4) is 0 Å². The van der Waals surface area contributed by atoms with Crippen LogP contribution >= 0.6 is 0 Å². The number of hydrogen-bond donors (Lipinski definition) is 0. The van der Waals surface area contributed by atoms with Crippen LogP contribution in [0.2, 0.25) is 0 Å². The van der Waals surface area contributed by atoms with E-state index >= 15 is 0 Å². The summed E-state index contributed by atoms with van der Waals surface area (Å²) < 4.78 is 4.00. The highest BCUT2D eigenvalue weighted by molar-refractivity contribution is 6.09. The largest absolute Gasteiger partial charge is 0.308 e. The first-order valence-electron chi connectivity index (χ1n) is 18.8. The van der Waals surface area contributed by atoms with E-state index in [1.165, 1.54) is 0 Å². The van der Waals surface area contributed by atoms with Gasteiger partial charge in [0.15, 0.2) is 39.2 Å². The van der Waals surface area contributed by atoms with E-state index in [0.29, 0.717) is 105 Å². The summed E-state index contributed by atoms with van der Waals surface area (Å²) in [4.78, 5) is 70.6. The van der Waals surface area contributed by atoms with E-state index in [4.69, 9.17) is 15.0 Å². The van der Waals surface area contributed by atoms with Crippen LogP contribution in [-0.2, 0) is 0 Å². The summed E-state index contributed by atoms with van der Waals surface area (Å²) in [5.74, 6) is 1.11. The Kier molecular flexibility index (Phi) is 6.46. The quantitative estimate of drug-likeness (QED) is 0.131. The third kappa shape index (κ3) is 4.32. The standard InChI is InChI=1S/C49H25N5O4/c55-43-29-12-4-6-18-37(29)53-39-22-20-27(24-35(39)45(57)33-16-8-14-31(43)41(33)53)48-50-47(26-10-2-1-3-11-26)51-49(52-48)28-21-23-40-36(25-28)46(58)34-17-9-15-32-42(34)54(40)38-19-7-5-13-30(38)44(32)56/h1-25H. The van der Waals surface area contributed by atoms with Gasteiger partial charge >= 0.3 is 0 Å². The molecule has 0 N–H and O–H groups in total. The highest BCUT2D eigenvalue weighted by atomic mass is 16.1. The molecule has 0 aliphatic heterocycles. The maximum absolute atomic E-state index is 14.3. The van der Waals surface area contributed by atoms with Crippen molar-refractivity contribution in [2.75, 3.05) is 0 Å². The molecule has 0 radical (unpaired) electrons. The minimum Gasteiger partial charge on any atom is -0.308 e. The zero-order valence-corrected chi connectivity index (χ0v) is 30.3.